The Bertz CT molecular complexity index is 601. The van der Waals surface area contributed by atoms with E-state index in [2.05, 4.69) is 12.0 Å². The van der Waals surface area contributed by atoms with E-state index in [-0.39, 0.29) is 11.8 Å². The van der Waals surface area contributed by atoms with E-state index in [1.165, 1.54) is 0 Å². The average molecular weight is 273 g/mol. The molecule has 0 saturated heterocycles. The Kier molecular flexibility index (Phi) is 4.55. The summed E-state index contributed by atoms with van der Waals surface area (Å²) in [6.07, 6.45) is 0.791. The van der Waals surface area contributed by atoms with Crippen LogP contribution >= 0.6 is 0 Å². The Labute approximate surface area is 120 Å². The van der Waals surface area contributed by atoms with Gasteiger partial charge in [-0.05, 0) is 18.9 Å². The molecule has 1 atom stereocenters. The number of hydrogen-bond acceptors (Lipinski definition) is 3. The van der Waals surface area contributed by atoms with Gasteiger partial charge in [-0.25, -0.2) is 0 Å². The summed E-state index contributed by atoms with van der Waals surface area (Å²) < 4.78 is 1.94. The fraction of sp³-hybridized carbons (Fsp3) is 0.500. The van der Waals surface area contributed by atoms with Crippen LogP contribution in [-0.2, 0) is 17.8 Å². The molecule has 108 valence electrons. The number of carbonyl (C=O) groups excluding carboxylic acids is 1. The monoisotopic (exact) mass is 273 g/mol. The zero-order chi connectivity index (χ0) is 14.7. The van der Waals surface area contributed by atoms with Gasteiger partial charge < -0.3 is 5.73 Å². The molecule has 2 N–H and O–H groups in total. The maximum atomic E-state index is 12.1. The molecule has 0 bridgehead atoms. The second-order valence-corrected chi connectivity index (χ2v) is 5.61. The molecule has 2 aromatic rings. The molecule has 0 fully saturated rings. The van der Waals surface area contributed by atoms with Gasteiger partial charge in [0.15, 0.2) is 0 Å². The van der Waals surface area contributed by atoms with Crippen LogP contribution < -0.4 is 5.73 Å². The maximum Gasteiger partial charge on any atom is 0.140 e. The first-order valence-electron chi connectivity index (χ1n) is 7.24. The number of carbonyl (C=O) groups is 1. The third-order valence-electron chi connectivity index (χ3n) is 3.72. The molecule has 1 heterocycles. The van der Waals surface area contributed by atoms with Crippen molar-refractivity contribution in [3.05, 3.63) is 30.0 Å². The van der Waals surface area contributed by atoms with E-state index in [0.717, 1.165) is 23.1 Å². The number of para-hydroxylation sites is 1. The van der Waals surface area contributed by atoms with Crippen LogP contribution in [0.5, 0.6) is 0 Å². The SMILES string of the molecule is CCn1nc(CC(=O)CC(N)C(C)C)c2ccccc21. The zero-order valence-corrected chi connectivity index (χ0v) is 12.5. The van der Waals surface area contributed by atoms with Gasteiger partial charge >= 0.3 is 0 Å². The van der Waals surface area contributed by atoms with E-state index in [9.17, 15) is 4.79 Å². The Morgan fingerprint density at radius 3 is 2.70 bits per heavy atom. The third kappa shape index (κ3) is 3.07. The fourth-order valence-corrected chi connectivity index (χ4v) is 2.33. The van der Waals surface area contributed by atoms with Crippen LogP contribution in [0.25, 0.3) is 10.9 Å². The van der Waals surface area contributed by atoms with Crippen molar-refractivity contribution in [3.63, 3.8) is 0 Å². The molecule has 0 aliphatic rings. The van der Waals surface area contributed by atoms with Crippen LogP contribution in [0, 0.1) is 5.92 Å². The van der Waals surface area contributed by atoms with Crippen molar-refractivity contribution in [2.24, 2.45) is 11.7 Å². The Morgan fingerprint density at radius 2 is 2.05 bits per heavy atom. The highest BCUT2D eigenvalue weighted by Crippen LogP contribution is 2.19. The lowest BCUT2D eigenvalue weighted by molar-refractivity contribution is -0.119. The van der Waals surface area contributed by atoms with E-state index < -0.39 is 0 Å². The van der Waals surface area contributed by atoms with Gasteiger partial charge in [0, 0.05) is 24.4 Å². The summed E-state index contributed by atoms with van der Waals surface area (Å²) in [4.78, 5) is 12.1. The number of Topliss-reactive ketones (excluding diaryl/α,β-unsaturated/α-hetero) is 1. The highest BCUT2D eigenvalue weighted by molar-refractivity contribution is 5.88. The lowest BCUT2D eigenvalue weighted by Crippen LogP contribution is -2.29. The smallest absolute Gasteiger partial charge is 0.140 e. The number of benzene rings is 1. The first kappa shape index (κ1) is 14.7. The fourth-order valence-electron chi connectivity index (χ4n) is 2.33. The first-order chi connectivity index (χ1) is 9.52. The minimum atomic E-state index is -0.0676. The van der Waals surface area contributed by atoms with Crippen LogP contribution in [0.1, 0.15) is 32.9 Å². The molecule has 0 spiro atoms. The first-order valence-corrected chi connectivity index (χ1v) is 7.24. The van der Waals surface area contributed by atoms with Gasteiger partial charge in [0.1, 0.15) is 5.78 Å². The van der Waals surface area contributed by atoms with E-state index in [0.29, 0.717) is 18.8 Å². The Balaban J connectivity index is 2.19. The Morgan fingerprint density at radius 1 is 1.35 bits per heavy atom. The van der Waals surface area contributed by atoms with Gasteiger partial charge in [-0.2, -0.15) is 5.10 Å². The highest BCUT2D eigenvalue weighted by Gasteiger charge is 2.16. The van der Waals surface area contributed by atoms with E-state index in [1.807, 2.05) is 42.8 Å². The van der Waals surface area contributed by atoms with E-state index >= 15 is 0 Å². The standard InChI is InChI=1S/C16H23N3O/c1-4-19-16-8-6-5-7-13(16)15(18-19)10-12(20)9-14(17)11(2)3/h5-8,11,14H,4,9-10,17H2,1-3H3. The second-order valence-electron chi connectivity index (χ2n) is 5.61. The van der Waals surface area contributed by atoms with E-state index in [1.54, 1.807) is 0 Å². The molecular formula is C16H23N3O. The molecule has 20 heavy (non-hydrogen) atoms. The zero-order valence-electron chi connectivity index (χ0n) is 12.5. The van der Waals surface area contributed by atoms with Crippen molar-refractivity contribution in [1.82, 2.24) is 9.78 Å². The summed E-state index contributed by atoms with van der Waals surface area (Å²) in [5.41, 5.74) is 7.92. The summed E-state index contributed by atoms with van der Waals surface area (Å²) in [6.45, 7) is 6.94. The van der Waals surface area contributed by atoms with Crippen molar-refractivity contribution in [1.29, 1.82) is 0 Å². The predicted molar refractivity (Wildman–Crippen MR) is 81.5 cm³/mol. The number of fused-ring (bicyclic) bond motifs is 1. The van der Waals surface area contributed by atoms with Gasteiger partial charge in [0.05, 0.1) is 17.6 Å². The van der Waals surface area contributed by atoms with E-state index in [4.69, 9.17) is 5.73 Å². The number of ketones is 1. The summed E-state index contributed by atoms with van der Waals surface area (Å²) >= 11 is 0. The topological polar surface area (TPSA) is 60.9 Å². The molecule has 0 amide bonds. The van der Waals surface area contributed by atoms with Crippen LogP contribution in [0.4, 0.5) is 0 Å². The molecule has 4 heteroatoms. The average Bonchev–Trinajstić information content (AvgIpc) is 2.77. The lowest BCUT2D eigenvalue weighted by Gasteiger charge is -2.13. The molecule has 0 saturated carbocycles. The number of nitrogens with zero attached hydrogens (tertiary/aromatic N) is 2. The highest BCUT2D eigenvalue weighted by atomic mass is 16.1. The summed E-state index contributed by atoms with van der Waals surface area (Å²) in [5, 5.41) is 5.63. The summed E-state index contributed by atoms with van der Waals surface area (Å²) in [7, 11) is 0. The molecule has 1 aromatic carbocycles. The van der Waals surface area contributed by atoms with Crippen LogP contribution in [0.3, 0.4) is 0 Å². The number of rotatable bonds is 6. The molecule has 0 radical (unpaired) electrons. The minimum Gasteiger partial charge on any atom is -0.327 e. The van der Waals surface area contributed by atoms with Crippen molar-refractivity contribution < 1.29 is 4.79 Å². The van der Waals surface area contributed by atoms with Gasteiger partial charge in [0.2, 0.25) is 0 Å². The van der Waals surface area contributed by atoms with Crippen molar-refractivity contribution in [2.75, 3.05) is 0 Å². The summed E-state index contributed by atoms with van der Waals surface area (Å²) in [6, 6.07) is 7.98. The molecular weight excluding hydrogens is 250 g/mol. The minimum absolute atomic E-state index is 0.0676. The number of aryl methyl sites for hydroxylation is 1. The van der Waals surface area contributed by atoms with Crippen molar-refractivity contribution >= 4 is 16.7 Å². The number of hydrogen-bond donors (Lipinski definition) is 1. The molecule has 1 aromatic heterocycles. The Hall–Kier alpha value is -1.68. The molecule has 0 aliphatic heterocycles. The van der Waals surface area contributed by atoms with Crippen molar-refractivity contribution in [3.8, 4) is 0 Å². The molecule has 2 rings (SSSR count). The molecule has 4 nitrogen and oxygen atoms in total. The largest absolute Gasteiger partial charge is 0.327 e. The number of aromatic nitrogens is 2. The van der Waals surface area contributed by atoms with Gasteiger partial charge in [0.25, 0.3) is 0 Å². The predicted octanol–water partition coefficient (Wildman–Crippen LogP) is 2.54. The van der Waals surface area contributed by atoms with Gasteiger partial charge in [-0.1, -0.05) is 32.0 Å². The normalized spacial score (nSPS) is 13.1. The van der Waals surface area contributed by atoms with Crippen LogP contribution in [-0.4, -0.2) is 21.6 Å². The molecule has 1 unspecified atom stereocenters. The quantitative estimate of drug-likeness (QED) is 0.879. The van der Waals surface area contributed by atoms with Crippen LogP contribution in [0.15, 0.2) is 24.3 Å². The molecule has 0 aliphatic carbocycles. The summed E-state index contributed by atoms with van der Waals surface area (Å²) in [5.74, 6) is 0.488. The van der Waals surface area contributed by atoms with Crippen LogP contribution in [0.2, 0.25) is 0 Å². The van der Waals surface area contributed by atoms with Gasteiger partial charge in [-0.15, -0.1) is 0 Å². The van der Waals surface area contributed by atoms with Gasteiger partial charge in [-0.3, -0.25) is 9.48 Å². The lowest BCUT2D eigenvalue weighted by atomic mass is 9.97. The van der Waals surface area contributed by atoms with Crippen molar-refractivity contribution in [2.45, 2.75) is 46.2 Å². The second kappa shape index (κ2) is 6.18. The maximum absolute atomic E-state index is 12.1. The number of nitrogens with two attached hydrogens (primary N) is 1. The third-order valence-corrected chi connectivity index (χ3v) is 3.72.